The molecular weight excluding hydrogens is 757 g/mol. The lowest BCUT2D eigenvalue weighted by molar-refractivity contribution is 0.669. The van der Waals surface area contributed by atoms with Crippen molar-refractivity contribution in [1.82, 2.24) is 19.6 Å². The Labute approximate surface area is 357 Å². The van der Waals surface area contributed by atoms with Gasteiger partial charge in [0.15, 0.2) is 5.82 Å². The first-order valence-corrected chi connectivity index (χ1v) is 20.8. The lowest BCUT2D eigenvalue weighted by atomic mass is 9.95. The van der Waals surface area contributed by atoms with E-state index >= 15 is 0 Å². The summed E-state index contributed by atoms with van der Waals surface area (Å²) in [5.41, 5.74) is 15.8. The van der Waals surface area contributed by atoms with Crippen LogP contribution >= 0.6 is 0 Å². The molecule has 5 nitrogen and oxygen atoms in total. The SMILES string of the molecule is c1ccc(-c2nc(-c3cccc(-c4ccc5c(c4)oc4ccccc45)c3)cc(-c3cccc(-c4c(-c5ccccc5)nn5c(-c6ccccc6)cc6ccccc6c45)c3)n2)cc1. The van der Waals surface area contributed by atoms with Crippen LogP contribution in [0.3, 0.4) is 0 Å². The molecule has 0 aliphatic heterocycles. The molecule has 0 atom stereocenters. The molecule has 0 aliphatic rings. The third-order valence-corrected chi connectivity index (χ3v) is 11.8. The van der Waals surface area contributed by atoms with E-state index in [9.17, 15) is 0 Å². The highest BCUT2D eigenvalue weighted by Crippen LogP contribution is 2.42. The van der Waals surface area contributed by atoms with Crippen LogP contribution in [0.4, 0.5) is 0 Å². The van der Waals surface area contributed by atoms with E-state index in [1.54, 1.807) is 0 Å². The smallest absolute Gasteiger partial charge is 0.160 e. The lowest BCUT2D eigenvalue weighted by Gasteiger charge is -2.13. The zero-order chi connectivity index (χ0) is 41.0. The maximum atomic E-state index is 6.27. The minimum atomic E-state index is 0.664. The molecule has 4 heterocycles. The normalized spacial score (nSPS) is 11.5. The summed E-state index contributed by atoms with van der Waals surface area (Å²) in [7, 11) is 0. The van der Waals surface area contributed by atoms with Gasteiger partial charge in [-0.25, -0.2) is 14.5 Å². The fourth-order valence-electron chi connectivity index (χ4n) is 8.83. The molecule has 0 aliphatic carbocycles. The van der Waals surface area contributed by atoms with Gasteiger partial charge < -0.3 is 4.42 Å². The van der Waals surface area contributed by atoms with Crippen molar-refractivity contribution in [3.63, 3.8) is 0 Å². The topological polar surface area (TPSA) is 56.2 Å². The molecule has 0 radical (unpaired) electrons. The number of hydrogen-bond donors (Lipinski definition) is 0. The van der Waals surface area contributed by atoms with Crippen LogP contribution in [-0.4, -0.2) is 19.6 Å². The van der Waals surface area contributed by atoms with Crippen molar-refractivity contribution in [3.05, 3.63) is 218 Å². The Morgan fingerprint density at radius 2 is 0.903 bits per heavy atom. The summed E-state index contributed by atoms with van der Waals surface area (Å²) in [4.78, 5) is 10.5. The Morgan fingerprint density at radius 1 is 0.355 bits per heavy atom. The number of pyridine rings is 1. The average Bonchev–Trinajstić information content (AvgIpc) is 3.94. The molecule has 8 aromatic carbocycles. The molecule has 0 unspecified atom stereocenters. The summed E-state index contributed by atoms with van der Waals surface area (Å²) in [6, 6.07) is 76.2. The van der Waals surface area contributed by atoms with Gasteiger partial charge in [-0.15, -0.1) is 0 Å². The van der Waals surface area contributed by atoms with Gasteiger partial charge in [-0.3, -0.25) is 0 Å². The fraction of sp³-hybridized carbons (Fsp3) is 0. The largest absolute Gasteiger partial charge is 0.456 e. The van der Waals surface area contributed by atoms with Crippen molar-refractivity contribution < 1.29 is 4.42 Å². The summed E-state index contributed by atoms with van der Waals surface area (Å²) in [6.07, 6.45) is 0. The zero-order valence-corrected chi connectivity index (χ0v) is 33.5. The first-order chi connectivity index (χ1) is 30.7. The first-order valence-electron chi connectivity index (χ1n) is 20.8. The van der Waals surface area contributed by atoms with Crippen LogP contribution in [0.25, 0.3) is 117 Å². The molecule has 0 saturated carbocycles. The molecule has 0 spiro atoms. The van der Waals surface area contributed by atoms with Crippen molar-refractivity contribution in [2.45, 2.75) is 0 Å². The minimum absolute atomic E-state index is 0.664. The molecule has 290 valence electrons. The minimum Gasteiger partial charge on any atom is -0.456 e. The van der Waals surface area contributed by atoms with Gasteiger partial charge >= 0.3 is 0 Å². The molecular formula is C57H36N4O. The van der Waals surface area contributed by atoms with E-state index in [0.717, 1.165) is 111 Å². The average molecular weight is 793 g/mol. The monoisotopic (exact) mass is 792 g/mol. The van der Waals surface area contributed by atoms with Crippen LogP contribution in [0.2, 0.25) is 0 Å². The number of fused-ring (bicyclic) bond motifs is 6. The Balaban J connectivity index is 1.04. The highest BCUT2D eigenvalue weighted by molar-refractivity contribution is 6.09. The molecule has 0 amide bonds. The number of hydrogen-bond acceptors (Lipinski definition) is 4. The maximum Gasteiger partial charge on any atom is 0.160 e. The van der Waals surface area contributed by atoms with Gasteiger partial charge in [-0.2, -0.15) is 5.10 Å². The summed E-state index contributed by atoms with van der Waals surface area (Å²) < 4.78 is 8.41. The van der Waals surface area contributed by atoms with E-state index in [1.165, 1.54) is 0 Å². The van der Waals surface area contributed by atoms with Crippen molar-refractivity contribution in [2.24, 2.45) is 0 Å². The van der Waals surface area contributed by atoms with Gasteiger partial charge in [-0.05, 0) is 64.5 Å². The van der Waals surface area contributed by atoms with E-state index in [-0.39, 0.29) is 0 Å². The van der Waals surface area contributed by atoms with Crippen LogP contribution in [-0.2, 0) is 0 Å². The van der Waals surface area contributed by atoms with Crippen LogP contribution in [0.5, 0.6) is 0 Å². The molecule has 4 aromatic heterocycles. The Kier molecular flexibility index (Phi) is 8.42. The molecule has 12 rings (SSSR count). The van der Waals surface area contributed by atoms with Crippen molar-refractivity contribution >= 4 is 38.2 Å². The van der Waals surface area contributed by atoms with Gasteiger partial charge in [0.05, 0.1) is 22.6 Å². The van der Waals surface area contributed by atoms with Crippen LogP contribution in [0, 0.1) is 0 Å². The highest BCUT2D eigenvalue weighted by atomic mass is 16.3. The zero-order valence-electron chi connectivity index (χ0n) is 33.5. The van der Waals surface area contributed by atoms with Gasteiger partial charge in [0.1, 0.15) is 16.9 Å². The molecule has 0 saturated heterocycles. The van der Waals surface area contributed by atoms with E-state index in [0.29, 0.717) is 5.82 Å². The van der Waals surface area contributed by atoms with Crippen LogP contribution in [0.1, 0.15) is 0 Å². The van der Waals surface area contributed by atoms with Crippen molar-refractivity contribution in [2.75, 3.05) is 0 Å². The van der Waals surface area contributed by atoms with Crippen molar-refractivity contribution in [1.29, 1.82) is 0 Å². The number of furan rings is 1. The number of para-hydroxylation sites is 1. The molecule has 62 heavy (non-hydrogen) atoms. The summed E-state index contributed by atoms with van der Waals surface area (Å²) >= 11 is 0. The Bertz CT molecular complexity index is 3630. The van der Waals surface area contributed by atoms with E-state index in [4.69, 9.17) is 19.5 Å². The Hall–Kier alpha value is -8.41. The van der Waals surface area contributed by atoms with Gasteiger partial charge in [0.2, 0.25) is 0 Å². The second kappa shape index (κ2) is 14.7. The maximum absolute atomic E-state index is 6.27. The van der Waals surface area contributed by atoms with E-state index in [2.05, 4.69) is 193 Å². The standard InChI is InChI=1S/C57H36N4O/c1-4-16-37(17-5-1)51-34-42-22-10-11-27-46(42)56-54(55(60-61(51)56)38-18-6-2-7-19-38)45-26-15-25-44(33-45)50-36-49(58-57(59-50)39-20-8-3-9-21-39)43-24-14-23-40(32-43)41-30-31-48-47-28-12-13-29-52(47)62-53(48)35-41/h1-36H. The number of benzene rings is 8. The van der Waals surface area contributed by atoms with Gasteiger partial charge in [-0.1, -0.05) is 176 Å². The molecule has 12 aromatic rings. The quantitative estimate of drug-likeness (QED) is 0.161. The lowest BCUT2D eigenvalue weighted by Crippen LogP contribution is -1.96. The predicted molar refractivity (Wildman–Crippen MR) is 254 cm³/mol. The summed E-state index contributed by atoms with van der Waals surface area (Å²) in [5, 5.41) is 9.97. The Morgan fingerprint density at radius 3 is 1.65 bits per heavy atom. The molecule has 0 N–H and O–H groups in total. The first kappa shape index (κ1) is 35.5. The van der Waals surface area contributed by atoms with Gasteiger partial charge in [0.25, 0.3) is 0 Å². The predicted octanol–water partition coefficient (Wildman–Crippen LogP) is 14.8. The second-order valence-corrected chi connectivity index (χ2v) is 15.6. The van der Waals surface area contributed by atoms with E-state index in [1.807, 2.05) is 30.3 Å². The third-order valence-electron chi connectivity index (χ3n) is 11.8. The fourth-order valence-corrected chi connectivity index (χ4v) is 8.83. The van der Waals surface area contributed by atoms with Crippen LogP contribution in [0.15, 0.2) is 223 Å². The third kappa shape index (κ3) is 6.14. The number of nitrogens with zero attached hydrogens (tertiary/aromatic N) is 4. The summed E-state index contributed by atoms with van der Waals surface area (Å²) in [5.74, 6) is 0.664. The number of rotatable bonds is 7. The highest BCUT2D eigenvalue weighted by Gasteiger charge is 2.22. The molecule has 5 heteroatoms. The summed E-state index contributed by atoms with van der Waals surface area (Å²) in [6.45, 7) is 0. The van der Waals surface area contributed by atoms with Crippen LogP contribution < -0.4 is 0 Å². The van der Waals surface area contributed by atoms with Crippen molar-refractivity contribution in [3.8, 4) is 78.7 Å². The number of aromatic nitrogens is 4. The van der Waals surface area contributed by atoms with E-state index < -0.39 is 0 Å². The molecule has 0 fully saturated rings. The molecule has 0 bridgehead atoms. The second-order valence-electron chi connectivity index (χ2n) is 15.6. The van der Waals surface area contributed by atoms with Gasteiger partial charge in [0, 0.05) is 49.5 Å².